The van der Waals surface area contributed by atoms with Crippen molar-refractivity contribution >= 4 is 28.7 Å². The molecule has 0 radical (unpaired) electrons. The first-order chi connectivity index (χ1) is 9.35. The van der Waals surface area contributed by atoms with Crippen molar-refractivity contribution < 1.29 is 9.21 Å². The Morgan fingerprint density at radius 1 is 1.40 bits per heavy atom. The maximum absolute atomic E-state index is 11.7. The second kappa shape index (κ2) is 5.40. The Hall–Kier alpha value is -2.24. The van der Waals surface area contributed by atoms with Gasteiger partial charge >= 0.3 is 0 Å². The van der Waals surface area contributed by atoms with Gasteiger partial charge in [-0.25, -0.2) is 0 Å². The van der Waals surface area contributed by atoms with Gasteiger partial charge < -0.3 is 20.8 Å². The van der Waals surface area contributed by atoms with Gasteiger partial charge in [0.2, 0.25) is 5.91 Å². The highest BCUT2D eigenvalue weighted by Crippen LogP contribution is 2.23. The molecule has 1 amide bonds. The number of para-hydroxylation sites is 1. The van der Waals surface area contributed by atoms with Crippen molar-refractivity contribution in [2.75, 3.05) is 17.6 Å². The Bertz CT molecular complexity index is 613. The number of carbonyl (C=O) groups is 1. The second-order valence-electron chi connectivity index (χ2n) is 5.69. The molecule has 0 aliphatic carbocycles. The smallest absolute Gasteiger partial charge is 0.295 e. The topological polar surface area (TPSA) is 93.2 Å². The van der Waals surface area contributed by atoms with Crippen molar-refractivity contribution in [1.29, 1.82) is 0 Å². The summed E-state index contributed by atoms with van der Waals surface area (Å²) in [6.07, 6.45) is 0.353. The molecule has 20 heavy (non-hydrogen) atoms. The summed E-state index contributed by atoms with van der Waals surface area (Å²) in [6, 6.07) is 5.76. The number of hydrogen-bond acceptors (Lipinski definition) is 5. The third kappa shape index (κ3) is 3.63. The lowest BCUT2D eigenvalue weighted by atomic mass is 10.1. The van der Waals surface area contributed by atoms with Gasteiger partial charge in [-0.15, -0.1) is 0 Å². The van der Waals surface area contributed by atoms with Gasteiger partial charge in [0.15, 0.2) is 5.58 Å². The number of nitrogen functional groups attached to an aromatic ring is 1. The fraction of sp³-hybridized carbons (Fsp3) is 0.429. The number of nitrogens with one attached hydrogen (secondary N) is 2. The second-order valence-corrected chi connectivity index (χ2v) is 5.69. The summed E-state index contributed by atoms with van der Waals surface area (Å²) in [5.41, 5.74) is 7.42. The normalized spacial score (nSPS) is 11.6. The molecule has 0 spiro atoms. The predicted octanol–water partition coefficient (Wildman–Crippen LogP) is 2.13. The van der Waals surface area contributed by atoms with E-state index in [9.17, 15) is 4.79 Å². The zero-order chi connectivity index (χ0) is 14.8. The number of aromatic nitrogens is 1. The number of carbonyl (C=O) groups excluding carboxylic acids is 1. The lowest BCUT2D eigenvalue weighted by Gasteiger charge is -2.20. The maximum atomic E-state index is 11.7. The Labute approximate surface area is 117 Å². The van der Waals surface area contributed by atoms with Crippen LogP contribution in [0.1, 0.15) is 27.2 Å². The van der Waals surface area contributed by atoms with E-state index in [0.717, 1.165) is 0 Å². The molecule has 0 bridgehead atoms. The summed E-state index contributed by atoms with van der Waals surface area (Å²) in [5.74, 6) is -0.0133. The largest absolute Gasteiger partial charge is 0.423 e. The quantitative estimate of drug-likeness (QED) is 0.744. The molecule has 0 atom stereocenters. The van der Waals surface area contributed by atoms with Crippen LogP contribution in [-0.4, -0.2) is 23.0 Å². The first-order valence-electron chi connectivity index (χ1n) is 6.55. The van der Waals surface area contributed by atoms with E-state index >= 15 is 0 Å². The maximum Gasteiger partial charge on any atom is 0.295 e. The molecule has 1 aromatic carbocycles. The molecule has 2 rings (SSSR count). The van der Waals surface area contributed by atoms with Gasteiger partial charge in [-0.1, -0.05) is 6.07 Å². The van der Waals surface area contributed by atoms with Crippen LogP contribution in [-0.2, 0) is 4.79 Å². The summed E-state index contributed by atoms with van der Waals surface area (Å²) in [7, 11) is 0. The van der Waals surface area contributed by atoms with Crippen LogP contribution in [0.2, 0.25) is 0 Å². The van der Waals surface area contributed by atoms with Gasteiger partial charge in [0, 0.05) is 18.5 Å². The number of fused-ring (bicyclic) bond motifs is 1. The van der Waals surface area contributed by atoms with Crippen LogP contribution in [0.4, 0.5) is 11.7 Å². The molecule has 1 aromatic heterocycles. The summed E-state index contributed by atoms with van der Waals surface area (Å²) in [6.45, 7) is 6.29. The first kappa shape index (κ1) is 14.2. The minimum Gasteiger partial charge on any atom is -0.423 e. The molecule has 108 valence electrons. The molecule has 0 saturated heterocycles. The average molecular weight is 276 g/mol. The van der Waals surface area contributed by atoms with Crippen LogP contribution in [0.3, 0.4) is 0 Å². The highest BCUT2D eigenvalue weighted by atomic mass is 16.4. The minimum absolute atomic E-state index is 0.0133. The molecule has 0 aliphatic rings. The Kier molecular flexibility index (Phi) is 3.83. The highest BCUT2D eigenvalue weighted by molar-refractivity contribution is 5.86. The van der Waals surface area contributed by atoms with Crippen molar-refractivity contribution in [3.05, 3.63) is 18.2 Å². The summed E-state index contributed by atoms with van der Waals surface area (Å²) in [4.78, 5) is 15.9. The molecule has 6 heteroatoms. The molecule has 0 saturated carbocycles. The summed E-state index contributed by atoms with van der Waals surface area (Å²) in [5, 5.41) is 5.87. The van der Waals surface area contributed by atoms with Crippen LogP contribution in [0.25, 0.3) is 11.1 Å². The third-order valence-electron chi connectivity index (χ3n) is 2.59. The number of nitrogens with two attached hydrogens (primary N) is 1. The summed E-state index contributed by atoms with van der Waals surface area (Å²) >= 11 is 0. The van der Waals surface area contributed by atoms with E-state index in [1.165, 1.54) is 0 Å². The van der Waals surface area contributed by atoms with Gasteiger partial charge in [-0.3, -0.25) is 4.79 Å². The Morgan fingerprint density at radius 2 is 2.15 bits per heavy atom. The fourth-order valence-corrected chi connectivity index (χ4v) is 1.81. The van der Waals surface area contributed by atoms with Gasteiger partial charge in [-0.05, 0) is 32.9 Å². The molecule has 0 aliphatic heterocycles. The zero-order valence-electron chi connectivity index (χ0n) is 12.0. The monoisotopic (exact) mass is 276 g/mol. The highest BCUT2D eigenvalue weighted by Gasteiger charge is 2.13. The Balaban J connectivity index is 1.90. The van der Waals surface area contributed by atoms with E-state index in [2.05, 4.69) is 15.6 Å². The number of anilines is 2. The van der Waals surface area contributed by atoms with E-state index < -0.39 is 0 Å². The SMILES string of the molecule is CC(C)(C)NC(=O)CCNc1nc2c(N)cccc2o1. The van der Waals surface area contributed by atoms with E-state index in [4.69, 9.17) is 10.2 Å². The molecular weight excluding hydrogens is 256 g/mol. The van der Waals surface area contributed by atoms with Crippen LogP contribution in [0.5, 0.6) is 0 Å². The average Bonchev–Trinajstić information content (AvgIpc) is 2.71. The Morgan fingerprint density at radius 3 is 2.80 bits per heavy atom. The van der Waals surface area contributed by atoms with Crippen LogP contribution >= 0.6 is 0 Å². The van der Waals surface area contributed by atoms with E-state index in [0.29, 0.717) is 35.8 Å². The van der Waals surface area contributed by atoms with Crippen LogP contribution in [0.15, 0.2) is 22.6 Å². The van der Waals surface area contributed by atoms with Crippen molar-refractivity contribution in [3.8, 4) is 0 Å². The number of benzene rings is 1. The molecule has 2 aromatic rings. The third-order valence-corrected chi connectivity index (χ3v) is 2.59. The van der Waals surface area contributed by atoms with Gasteiger partial charge in [0.25, 0.3) is 6.01 Å². The molecular formula is C14H20N4O2. The number of hydrogen-bond donors (Lipinski definition) is 3. The van der Waals surface area contributed by atoms with E-state index in [-0.39, 0.29) is 11.4 Å². The van der Waals surface area contributed by atoms with Crippen molar-refractivity contribution in [2.45, 2.75) is 32.7 Å². The number of amides is 1. The van der Waals surface area contributed by atoms with Crippen molar-refractivity contribution in [2.24, 2.45) is 0 Å². The van der Waals surface area contributed by atoms with E-state index in [1.54, 1.807) is 12.1 Å². The molecule has 1 heterocycles. The fourth-order valence-electron chi connectivity index (χ4n) is 1.81. The van der Waals surface area contributed by atoms with Gasteiger partial charge in [-0.2, -0.15) is 4.98 Å². The van der Waals surface area contributed by atoms with Crippen LogP contribution in [0, 0.1) is 0 Å². The van der Waals surface area contributed by atoms with Crippen molar-refractivity contribution in [1.82, 2.24) is 10.3 Å². The number of oxazole rings is 1. The molecule has 0 unspecified atom stereocenters. The summed E-state index contributed by atoms with van der Waals surface area (Å²) < 4.78 is 5.50. The molecule has 0 fully saturated rings. The molecule has 4 N–H and O–H groups in total. The lowest BCUT2D eigenvalue weighted by molar-refractivity contribution is -0.122. The van der Waals surface area contributed by atoms with Crippen LogP contribution < -0.4 is 16.4 Å². The number of rotatable bonds is 4. The number of nitrogens with zero attached hydrogens (tertiary/aromatic N) is 1. The van der Waals surface area contributed by atoms with Crippen molar-refractivity contribution in [3.63, 3.8) is 0 Å². The lowest BCUT2D eigenvalue weighted by Crippen LogP contribution is -2.41. The van der Waals surface area contributed by atoms with E-state index in [1.807, 2.05) is 26.8 Å². The minimum atomic E-state index is -0.219. The molecule has 6 nitrogen and oxygen atoms in total. The standard InChI is InChI=1S/C14H20N4O2/c1-14(2,3)18-11(19)7-8-16-13-17-12-9(15)5-4-6-10(12)20-13/h4-6H,7-8,15H2,1-3H3,(H,16,17)(H,18,19). The zero-order valence-corrected chi connectivity index (χ0v) is 12.0. The van der Waals surface area contributed by atoms with Gasteiger partial charge in [0.1, 0.15) is 5.52 Å². The predicted molar refractivity (Wildman–Crippen MR) is 79.4 cm³/mol. The first-order valence-corrected chi connectivity index (χ1v) is 6.55. The van der Waals surface area contributed by atoms with Gasteiger partial charge in [0.05, 0.1) is 5.69 Å².